The van der Waals surface area contributed by atoms with Crippen LogP contribution >= 0.6 is 43.5 Å². The molecule has 31 heavy (non-hydrogen) atoms. The lowest BCUT2D eigenvalue weighted by molar-refractivity contribution is -0.161. The fraction of sp³-hybridized carbons (Fsp3) is 0.130. The van der Waals surface area contributed by atoms with Crippen molar-refractivity contribution in [2.24, 2.45) is 5.10 Å². The van der Waals surface area contributed by atoms with Gasteiger partial charge in [0.1, 0.15) is 5.75 Å². The summed E-state index contributed by atoms with van der Waals surface area (Å²) >= 11 is 13.3. The van der Waals surface area contributed by atoms with Gasteiger partial charge in [-0.25, -0.2) is 5.01 Å². The number of carbonyl (C=O) groups is 1. The molecular weight excluding hydrogens is 546 g/mol. The average Bonchev–Trinajstić information content (AvgIpc) is 3.31. The molecule has 0 fully saturated rings. The minimum atomic E-state index is -1.39. The molecule has 8 heteroatoms. The second-order valence-electron chi connectivity index (χ2n) is 7.69. The molecule has 3 aromatic carbocycles. The summed E-state index contributed by atoms with van der Waals surface area (Å²) < 4.78 is 8.33. The van der Waals surface area contributed by atoms with E-state index in [4.69, 9.17) is 21.4 Å². The molecule has 0 radical (unpaired) electrons. The smallest absolute Gasteiger partial charge is 0.306 e. The van der Waals surface area contributed by atoms with Crippen molar-refractivity contribution in [3.05, 3.63) is 91.3 Å². The summed E-state index contributed by atoms with van der Waals surface area (Å²) in [5, 5.41) is 10.3. The Kier molecular flexibility index (Phi) is 4.26. The Hall–Kier alpha value is -2.35. The van der Waals surface area contributed by atoms with E-state index in [9.17, 15) is 4.79 Å². The molecule has 1 amide bonds. The summed E-state index contributed by atoms with van der Waals surface area (Å²) in [4.78, 5) is 13.4. The van der Waals surface area contributed by atoms with Crippen LogP contribution in [-0.4, -0.2) is 16.6 Å². The van der Waals surface area contributed by atoms with Crippen molar-refractivity contribution in [3.8, 4) is 5.75 Å². The maximum absolute atomic E-state index is 13.4. The van der Waals surface area contributed by atoms with Crippen LogP contribution in [0.4, 0.5) is 5.69 Å². The first kappa shape index (κ1) is 19.3. The second-order valence-corrected chi connectivity index (χ2v) is 9.96. The first-order valence-corrected chi connectivity index (χ1v) is 11.6. The van der Waals surface area contributed by atoms with Gasteiger partial charge in [-0.3, -0.25) is 4.79 Å². The van der Waals surface area contributed by atoms with Gasteiger partial charge >= 0.3 is 5.72 Å². The summed E-state index contributed by atoms with van der Waals surface area (Å²) in [5.41, 5.74) is 2.88. The number of ether oxygens (including phenoxy) is 1. The third kappa shape index (κ3) is 2.80. The molecule has 2 atom stereocenters. The van der Waals surface area contributed by atoms with E-state index in [2.05, 4.69) is 37.2 Å². The predicted octanol–water partition coefficient (Wildman–Crippen LogP) is 6.21. The maximum atomic E-state index is 13.4. The number of halogens is 3. The number of fused-ring (bicyclic) bond motifs is 6. The molecule has 1 spiro atoms. The summed E-state index contributed by atoms with van der Waals surface area (Å²) in [6.07, 6.45) is 0.636. The minimum Gasteiger partial charge on any atom is -0.453 e. The van der Waals surface area contributed by atoms with Crippen molar-refractivity contribution < 1.29 is 9.53 Å². The van der Waals surface area contributed by atoms with E-state index < -0.39 is 5.72 Å². The lowest BCUT2D eigenvalue weighted by Crippen LogP contribution is -2.55. The predicted molar refractivity (Wildman–Crippen MR) is 126 cm³/mol. The zero-order valence-electron chi connectivity index (χ0n) is 15.9. The van der Waals surface area contributed by atoms with Crippen LogP contribution in [0.1, 0.15) is 29.2 Å². The first-order chi connectivity index (χ1) is 15.0. The largest absolute Gasteiger partial charge is 0.453 e. The van der Waals surface area contributed by atoms with Crippen LogP contribution in [0.3, 0.4) is 0 Å². The summed E-state index contributed by atoms with van der Waals surface area (Å²) in [7, 11) is 0. The molecule has 0 bridgehead atoms. The molecule has 0 aliphatic carbocycles. The van der Waals surface area contributed by atoms with Gasteiger partial charge in [0.05, 0.1) is 23.0 Å². The highest BCUT2D eigenvalue weighted by Gasteiger charge is 2.61. The van der Waals surface area contributed by atoms with Gasteiger partial charge in [0, 0.05) is 26.0 Å². The Bertz CT molecular complexity index is 1290. The van der Waals surface area contributed by atoms with Crippen molar-refractivity contribution in [3.63, 3.8) is 0 Å². The Morgan fingerprint density at radius 3 is 2.65 bits per heavy atom. The normalized spacial score (nSPS) is 23.1. The summed E-state index contributed by atoms with van der Waals surface area (Å²) in [5.74, 6) is 0.382. The van der Waals surface area contributed by atoms with E-state index in [1.165, 1.54) is 0 Å². The second kappa shape index (κ2) is 6.82. The molecule has 154 valence electrons. The zero-order valence-corrected chi connectivity index (χ0v) is 19.8. The van der Waals surface area contributed by atoms with E-state index in [-0.39, 0.29) is 11.9 Å². The monoisotopic (exact) mass is 557 g/mol. The van der Waals surface area contributed by atoms with Crippen molar-refractivity contribution in [2.45, 2.75) is 18.2 Å². The van der Waals surface area contributed by atoms with Gasteiger partial charge in [0.2, 0.25) is 0 Å². The molecule has 0 unspecified atom stereocenters. The number of benzene rings is 3. The Morgan fingerprint density at radius 2 is 1.84 bits per heavy atom. The molecule has 0 aromatic heterocycles. The summed E-state index contributed by atoms with van der Waals surface area (Å²) in [6.45, 7) is 0. The van der Waals surface area contributed by atoms with Gasteiger partial charge in [-0.1, -0.05) is 55.6 Å². The molecule has 5 nitrogen and oxygen atoms in total. The number of carbonyl (C=O) groups excluding carboxylic acids is 1. The van der Waals surface area contributed by atoms with E-state index in [1.807, 2.05) is 54.6 Å². The standard InChI is InChI=1S/C23H14Br2ClN3O2/c24-13-3-1-12(2-4-13)19-11-20-16-10-15(26)6-8-21(16)31-23(29(20)28-19)17-9-14(25)5-7-18(17)27-22(23)30/h1-10,20H,11H2,(H,27,30)/t20-,23-/m0/s1. The van der Waals surface area contributed by atoms with Gasteiger partial charge in [-0.15, -0.1) is 0 Å². The molecule has 6 rings (SSSR count). The fourth-order valence-electron chi connectivity index (χ4n) is 4.50. The number of hydrogen-bond donors (Lipinski definition) is 1. The Morgan fingerprint density at radius 1 is 1.06 bits per heavy atom. The Labute approximate surface area is 200 Å². The number of anilines is 1. The van der Waals surface area contributed by atoms with Crippen LogP contribution in [0.15, 0.2) is 74.7 Å². The molecule has 1 N–H and O–H groups in total. The first-order valence-electron chi connectivity index (χ1n) is 9.68. The van der Waals surface area contributed by atoms with Gasteiger partial charge in [-0.2, -0.15) is 5.10 Å². The molecule has 0 saturated carbocycles. The lowest BCUT2D eigenvalue weighted by Gasteiger charge is -2.44. The quantitative estimate of drug-likeness (QED) is 0.386. The Balaban J connectivity index is 1.58. The van der Waals surface area contributed by atoms with E-state index >= 15 is 0 Å². The fourth-order valence-corrected chi connectivity index (χ4v) is 5.31. The lowest BCUT2D eigenvalue weighted by atomic mass is 9.92. The van der Waals surface area contributed by atoms with Crippen LogP contribution in [0.5, 0.6) is 5.75 Å². The highest BCUT2D eigenvalue weighted by Crippen LogP contribution is 2.54. The number of nitrogens with one attached hydrogen (secondary N) is 1. The van der Waals surface area contributed by atoms with Gasteiger partial charge in [0.15, 0.2) is 0 Å². The highest BCUT2D eigenvalue weighted by atomic mass is 79.9. The average molecular weight is 560 g/mol. The number of rotatable bonds is 1. The number of hydrazone groups is 1. The third-order valence-corrected chi connectivity index (χ3v) is 7.16. The molecule has 3 aromatic rings. The van der Waals surface area contributed by atoms with Crippen LogP contribution < -0.4 is 10.1 Å². The molecule has 3 aliphatic heterocycles. The molecular formula is C23H14Br2ClN3O2. The zero-order chi connectivity index (χ0) is 21.3. The SMILES string of the molecule is O=C1Nc2ccc(Br)cc2[C@]12Oc1ccc(Cl)cc1[C@@H]1CC(c3ccc(Br)cc3)=NN12. The molecule has 3 aliphatic rings. The van der Waals surface area contributed by atoms with E-state index in [0.717, 1.165) is 37.0 Å². The van der Waals surface area contributed by atoms with Crippen molar-refractivity contribution in [1.82, 2.24) is 5.01 Å². The van der Waals surface area contributed by atoms with Crippen LogP contribution in [0.25, 0.3) is 0 Å². The minimum absolute atomic E-state index is 0.184. The van der Waals surface area contributed by atoms with E-state index in [0.29, 0.717) is 17.2 Å². The number of hydrogen-bond acceptors (Lipinski definition) is 4. The number of nitrogens with zero attached hydrogens (tertiary/aromatic N) is 2. The highest BCUT2D eigenvalue weighted by molar-refractivity contribution is 9.10. The third-order valence-electron chi connectivity index (χ3n) is 5.90. The van der Waals surface area contributed by atoms with Gasteiger partial charge in [0.25, 0.3) is 5.91 Å². The van der Waals surface area contributed by atoms with E-state index in [1.54, 1.807) is 11.1 Å². The molecule has 3 heterocycles. The van der Waals surface area contributed by atoms with Gasteiger partial charge in [-0.05, 0) is 54.1 Å². The van der Waals surface area contributed by atoms with Crippen molar-refractivity contribution in [2.75, 3.05) is 5.32 Å². The van der Waals surface area contributed by atoms with Gasteiger partial charge < -0.3 is 10.1 Å². The maximum Gasteiger partial charge on any atom is 0.306 e. The van der Waals surface area contributed by atoms with Crippen LogP contribution in [-0.2, 0) is 10.5 Å². The van der Waals surface area contributed by atoms with Crippen LogP contribution in [0.2, 0.25) is 5.02 Å². The number of amides is 1. The van der Waals surface area contributed by atoms with Crippen LogP contribution in [0, 0.1) is 0 Å². The van der Waals surface area contributed by atoms with Crippen molar-refractivity contribution >= 4 is 60.8 Å². The van der Waals surface area contributed by atoms with Crippen molar-refractivity contribution in [1.29, 1.82) is 0 Å². The topological polar surface area (TPSA) is 53.9 Å². The molecule has 0 saturated heterocycles. The summed E-state index contributed by atoms with van der Waals surface area (Å²) in [6, 6.07) is 19.0.